The molecule has 7 nitrogen and oxygen atoms in total. The second-order valence-electron chi connectivity index (χ2n) is 3.52. The van der Waals surface area contributed by atoms with E-state index in [0.29, 0.717) is 18.4 Å². The van der Waals surface area contributed by atoms with Crippen molar-refractivity contribution in [2.24, 2.45) is 0 Å². The molecule has 0 aliphatic carbocycles. The van der Waals surface area contributed by atoms with Crippen molar-refractivity contribution in [2.45, 2.75) is 19.9 Å². The lowest BCUT2D eigenvalue weighted by atomic mass is 10.4. The zero-order valence-corrected chi connectivity index (χ0v) is 10.6. The van der Waals surface area contributed by atoms with Crippen LogP contribution in [0.1, 0.15) is 19.0 Å². The average Bonchev–Trinajstić information content (AvgIpc) is 2.86. The first-order valence-electron chi connectivity index (χ1n) is 5.56. The van der Waals surface area contributed by atoms with Crippen LogP contribution in [0.25, 0.3) is 0 Å². The summed E-state index contributed by atoms with van der Waals surface area (Å²) in [6, 6.07) is 1.76. The fraction of sp³-hybridized carbons (Fsp3) is 0.400. The minimum Gasteiger partial charge on any atom is -0.364 e. The van der Waals surface area contributed by atoms with Gasteiger partial charge in [0.2, 0.25) is 17.2 Å². The smallest absolute Gasteiger partial charge is 0.229 e. The summed E-state index contributed by atoms with van der Waals surface area (Å²) in [5.74, 6) is 0.858. The maximum atomic E-state index is 5.81. The standard InChI is InChI=1S/C10H13ClN6O/c1-2-4-12-9-14-8(11)15-10(16-9)13-6-7-3-5-18-17-7/h3,5H,2,4,6H2,1H3,(H2,12,13,14,15,16). The minimum atomic E-state index is 0.145. The second-order valence-corrected chi connectivity index (χ2v) is 3.86. The number of aromatic nitrogens is 4. The molecule has 0 radical (unpaired) electrons. The molecule has 2 aromatic heterocycles. The summed E-state index contributed by atoms with van der Waals surface area (Å²) in [6.07, 6.45) is 2.48. The van der Waals surface area contributed by atoms with Gasteiger partial charge in [0.05, 0.1) is 6.54 Å². The molecule has 0 spiro atoms. The van der Waals surface area contributed by atoms with Crippen molar-refractivity contribution in [3.05, 3.63) is 23.3 Å². The molecule has 0 aliphatic rings. The topological polar surface area (TPSA) is 88.8 Å². The molecule has 0 saturated carbocycles. The summed E-state index contributed by atoms with van der Waals surface area (Å²) in [6.45, 7) is 3.30. The van der Waals surface area contributed by atoms with Crippen LogP contribution in [0.5, 0.6) is 0 Å². The molecule has 8 heteroatoms. The lowest BCUT2D eigenvalue weighted by molar-refractivity contribution is 0.412. The van der Waals surface area contributed by atoms with Gasteiger partial charge in [0.15, 0.2) is 0 Å². The van der Waals surface area contributed by atoms with E-state index in [4.69, 9.17) is 16.1 Å². The van der Waals surface area contributed by atoms with Crippen molar-refractivity contribution in [2.75, 3.05) is 17.2 Å². The Kier molecular flexibility index (Phi) is 4.30. The third-order valence-electron chi connectivity index (χ3n) is 2.06. The largest absolute Gasteiger partial charge is 0.364 e. The van der Waals surface area contributed by atoms with Crippen LogP contribution in [0.2, 0.25) is 5.28 Å². The predicted molar refractivity (Wildman–Crippen MR) is 67.4 cm³/mol. The third kappa shape index (κ3) is 3.56. The number of anilines is 2. The van der Waals surface area contributed by atoms with Crippen LogP contribution in [0.4, 0.5) is 11.9 Å². The number of hydrogen-bond donors (Lipinski definition) is 2. The van der Waals surface area contributed by atoms with E-state index in [9.17, 15) is 0 Å². The summed E-state index contributed by atoms with van der Waals surface area (Å²) in [5, 5.41) is 9.96. The summed E-state index contributed by atoms with van der Waals surface area (Å²) in [4.78, 5) is 12.1. The molecule has 0 fully saturated rings. The SMILES string of the molecule is CCCNc1nc(Cl)nc(NCc2ccon2)n1. The quantitative estimate of drug-likeness (QED) is 0.827. The molecule has 2 N–H and O–H groups in total. The normalized spacial score (nSPS) is 10.3. The number of hydrogen-bond acceptors (Lipinski definition) is 7. The van der Waals surface area contributed by atoms with Crippen LogP contribution in [0.3, 0.4) is 0 Å². The first kappa shape index (κ1) is 12.6. The Balaban J connectivity index is 2.00. The Morgan fingerprint density at radius 3 is 2.67 bits per heavy atom. The monoisotopic (exact) mass is 268 g/mol. The first-order valence-corrected chi connectivity index (χ1v) is 5.94. The van der Waals surface area contributed by atoms with Gasteiger partial charge < -0.3 is 15.2 Å². The number of nitrogens with zero attached hydrogens (tertiary/aromatic N) is 4. The van der Waals surface area contributed by atoms with E-state index in [2.05, 4.69) is 37.7 Å². The van der Waals surface area contributed by atoms with Crippen LogP contribution in [-0.4, -0.2) is 26.7 Å². The average molecular weight is 269 g/mol. The van der Waals surface area contributed by atoms with Gasteiger partial charge in [-0.1, -0.05) is 12.1 Å². The van der Waals surface area contributed by atoms with E-state index >= 15 is 0 Å². The third-order valence-corrected chi connectivity index (χ3v) is 2.23. The van der Waals surface area contributed by atoms with Crippen molar-refractivity contribution in [3.8, 4) is 0 Å². The van der Waals surface area contributed by atoms with Crippen LogP contribution in [-0.2, 0) is 6.54 Å². The summed E-state index contributed by atoms with van der Waals surface area (Å²) in [7, 11) is 0. The lowest BCUT2D eigenvalue weighted by Gasteiger charge is -2.06. The number of rotatable bonds is 6. The molecule has 0 aliphatic heterocycles. The van der Waals surface area contributed by atoms with Gasteiger partial charge >= 0.3 is 0 Å². The summed E-state index contributed by atoms with van der Waals surface area (Å²) in [5.41, 5.74) is 0.759. The van der Waals surface area contributed by atoms with Crippen LogP contribution < -0.4 is 10.6 Å². The molecule has 0 saturated heterocycles. The Morgan fingerprint density at radius 1 is 1.22 bits per heavy atom. The second kappa shape index (κ2) is 6.15. The molecule has 2 rings (SSSR count). The van der Waals surface area contributed by atoms with E-state index < -0.39 is 0 Å². The van der Waals surface area contributed by atoms with Crippen molar-refractivity contribution in [1.82, 2.24) is 20.1 Å². The first-order chi connectivity index (χ1) is 8.78. The van der Waals surface area contributed by atoms with Gasteiger partial charge in [-0.3, -0.25) is 0 Å². The molecule has 0 bridgehead atoms. The molecule has 96 valence electrons. The van der Waals surface area contributed by atoms with Crippen LogP contribution in [0.15, 0.2) is 16.9 Å². The molecular formula is C10H13ClN6O. The van der Waals surface area contributed by atoms with E-state index in [0.717, 1.165) is 18.7 Å². The van der Waals surface area contributed by atoms with Crippen molar-refractivity contribution >= 4 is 23.5 Å². The number of nitrogens with one attached hydrogen (secondary N) is 2. The highest BCUT2D eigenvalue weighted by Gasteiger charge is 2.05. The van der Waals surface area contributed by atoms with Gasteiger partial charge in [0.1, 0.15) is 12.0 Å². The minimum absolute atomic E-state index is 0.145. The van der Waals surface area contributed by atoms with E-state index in [1.54, 1.807) is 6.07 Å². The van der Waals surface area contributed by atoms with Crippen molar-refractivity contribution < 1.29 is 4.52 Å². The highest BCUT2D eigenvalue weighted by molar-refractivity contribution is 6.28. The van der Waals surface area contributed by atoms with Gasteiger partial charge in [-0.15, -0.1) is 0 Å². The maximum Gasteiger partial charge on any atom is 0.229 e. The van der Waals surface area contributed by atoms with Crippen molar-refractivity contribution in [1.29, 1.82) is 0 Å². The zero-order valence-electron chi connectivity index (χ0n) is 9.85. The Hall–Kier alpha value is -1.89. The molecular weight excluding hydrogens is 256 g/mol. The zero-order chi connectivity index (χ0) is 12.8. The molecule has 0 atom stereocenters. The predicted octanol–water partition coefficient (Wildman–Crippen LogP) is 1.95. The van der Waals surface area contributed by atoms with Crippen molar-refractivity contribution in [3.63, 3.8) is 0 Å². The molecule has 0 unspecified atom stereocenters. The fourth-order valence-corrected chi connectivity index (χ4v) is 1.40. The van der Waals surface area contributed by atoms with Crippen LogP contribution >= 0.6 is 11.6 Å². The van der Waals surface area contributed by atoms with Gasteiger partial charge in [-0.2, -0.15) is 15.0 Å². The molecule has 2 aromatic rings. The summed E-state index contributed by atoms with van der Waals surface area (Å²) >= 11 is 5.81. The lowest BCUT2D eigenvalue weighted by Crippen LogP contribution is -2.09. The van der Waals surface area contributed by atoms with Gasteiger partial charge in [0, 0.05) is 12.6 Å². The molecule has 0 amide bonds. The Morgan fingerprint density at radius 2 is 2.00 bits per heavy atom. The molecule has 0 aromatic carbocycles. The van der Waals surface area contributed by atoms with E-state index in [-0.39, 0.29) is 5.28 Å². The summed E-state index contributed by atoms with van der Waals surface area (Å²) < 4.78 is 4.72. The Labute approximate surface area is 109 Å². The van der Waals surface area contributed by atoms with Crippen LogP contribution in [0, 0.1) is 0 Å². The van der Waals surface area contributed by atoms with Gasteiger partial charge in [0.25, 0.3) is 0 Å². The van der Waals surface area contributed by atoms with Gasteiger partial charge in [-0.25, -0.2) is 0 Å². The highest BCUT2D eigenvalue weighted by Crippen LogP contribution is 2.10. The molecule has 18 heavy (non-hydrogen) atoms. The van der Waals surface area contributed by atoms with E-state index in [1.165, 1.54) is 6.26 Å². The fourth-order valence-electron chi connectivity index (χ4n) is 1.24. The molecule has 2 heterocycles. The Bertz CT molecular complexity index is 489. The number of halogens is 1. The van der Waals surface area contributed by atoms with Gasteiger partial charge in [-0.05, 0) is 18.0 Å². The highest BCUT2D eigenvalue weighted by atomic mass is 35.5. The maximum absolute atomic E-state index is 5.81. The van der Waals surface area contributed by atoms with E-state index in [1.807, 2.05) is 0 Å².